The normalized spacial score (nSPS) is 11.9. The Morgan fingerprint density at radius 1 is 1.06 bits per heavy atom. The van der Waals surface area contributed by atoms with Gasteiger partial charge in [-0.15, -0.1) is 0 Å². The average molecular weight is 498 g/mol. The summed E-state index contributed by atoms with van der Waals surface area (Å²) in [5, 5.41) is 3.06. The lowest BCUT2D eigenvalue weighted by molar-refractivity contribution is -0.139. The van der Waals surface area contributed by atoms with Crippen molar-refractivity contribution in [3.8, 4) is 11.5 Å². The van der Waals surface area contributed by atoms with Crippen LogP contribution in [0.5, 0.6) is 11.5 Å². The number of methoxy groups -OCH3 is 2. The van der Waals surface area contributed by atoms with Crippen molar-refractivity contribution < 1.29 is 27.5 Å². The van der Waals surface area contributed by atoms with Gasteiger partial charge in [-0.2, -0.15) is 0 Å². The maximum absolute atomic E-state index is 13.3. The molecule has 0 saturated carbocycles. The Labute approximate surface area is 199 Å². The van der Waals surface area contributed by atoms with E-state index in [2.05, 4.69) is 5.32 Å². The smallest absolute Gasteiger partial charge is 0.244 e. The van der Waals surface area contributed by atoms with Crippen LogP contribution in [0.25, 0.3) is 0 Å². The highest BCUT2D eigenvalue weighted by molar-refractivity contribution is 7.92. The fraction of sp³-hybridized carbons (Fsp3) is 0.364. The van der Waals surface area contributed by atoms with Crippen LogP contribution in [-0.2, 0) is 26.2 Å². The molecule has 0 heterocycles. The SMILES string of the molecule is CNC(=O)[C@@H](C)N(Cc1ccc(Cl)cc1)C(=O)CN(c1ccc(OC)c(OC)c1)S(C)(=O)=O. The molecule has 0 fully saturated rings. The van der Waals surface area contributed by atoms with Crippen LogP contribution in [0.4, 0.5) is 5.69 Å². The van der Waals surface area contributed by atoms with Gasteiger partial charge in [0.25, 0.3) is 0 Å². The lowest BCUT2D eigenvalue weighted by Crippen LogP contribution is -2.50. The lowest BCUT2D eigenvalue weighted by Gasteiger charge is -2.31. The van der Waals surface area contributed by atoms with Crippen LogP contribution >= 0.6 is 11.6 Å². The van der Waals surface area contributed by atoms with Gasteiger partial charge in [-0.25, -0.2) is 8.42 Å². The van der Waals surface area contributed by atoms with Gasteiger partial charge in [0.2, 0.25) is 21.8 Å². The van der Waals surface area contributed by atoms with Crippen LogP contribution in [0.3, 0.4) is 0 Å². The van der Waals surface area contributed by atoms with Gasteiger partial charge < -0.3 is 19.7 Å². The largest absolute Gasteiger partial charge is 0.493 e. The van der Waals surface area contributed by atoms with Gasteiger partial charge in [0, 0.05) is 24.7 Å². The number of rotatable bonds is 10. The summed E-state index contributed by atoms with van der Waals surface area (Å²) < 4.78 is 36.6. The Kier molecular flexibility index (Phi) is 8.95. The fourth-order valence-corrected chi connectivity index (χ4v) is 4.14. The number of halogens is 1. The van der Waals surface area contributed by atoms with Gasteiger partial charge >= 0.3 is 0 Å². The second-order valence-electron chi connectivity index (χ2n) is 7.25. The van der Waals surface area contributed by atoms with Crippen LogP contribution in [0, 0.1) is 0 Å². The standard InChI is InChI=1S/C22H28ClN3O6S/c1-15(22(28)24-2)25(13-16-6-8-17(23)9-7-16)21(27)14-26(33(5,29)30)18-10-11-19(31-3)20(12-18)32-4/h6-12,15H,13-14H2,1-5H3,(H,24,28)/t15-/m1/s1. The molecule has 1 atom stereocenters. The van der Waals surface area contributed by atoms with Crippen molar-refractivity contribution in [2.24, 2.45) is 0 Å². The van der Waals surface area contributed by atoms with E-state index in [1.807, 2.05) is 0 Å². The first-order valence-electron chi connectivity index (χ1n) is 9.97. The zero-order valence-corrected chi connectivity index (χ0v) is 20.7. The number of hydrogen-bond acceptors (Lipinski definition) is 6. The molecule has 0 aliphatic rings. The molecule has 2 aromatic carbocycles. The molecule has 2 aromatic rings. The lowest BCUT2D eigenvalue weighted by atomic mass is 10.1. The molecule has 0 bridgehead atoms. The number of nitrogens with zero attached hydrogens (tertiary/aromatic N) is 2. The van der Waals surface area contributed by atoms with E-state index in [1.54, 1.807) is 37.3 Å². The van der Waals surface area contributed by atoms with Crippen LogP contribution < -0.4 is 19.1 Å². The first-order valence-corrected chi connectivity index (χ1v) is 12.2. The summed E-state index contributed by atoms with van der Waals surface area (Å²) in [6.07, 6.45) is 1.00. The second-order valence-corrected chi connectivity index (χ2v) is 9.59. The number of nitrogens with one attached hydrogen (secondary N) is 1. The summed E-state index contributed by atoms with van der Waals surface area (Å²) >= 11 is 5.94. The predicted octanol–water partition coefficient (Wildman–Crippen LogP) is 2.29. The molecule has 0 unspecified atom stereocenters. The monoisotopic (exact) mass is 497 g/mol. The molecule has 0 spiro atoms. The minimum atomic E-state index is -3.85. The molecule has 11 heteroatoms. The molecule has 0 aliphatic carbocycles. The maximum Gasteiger partial charge on any atom is 0.244 e. The molecule has 0 radical (unpaired) electrons. The maximum atomic E-state index is 13.3. The Morgan fingerprint density at radius 2 is 1.67 bits per heavy atom. The van der Waals surface area contributed by atoms with E-state index in [-0.39, 0.29) is 18.1 Å². The van der Waals surface area contributed by atoms with Crippen molar-refractivity contribution in [3.05, 3.63) is 53.1 Å². The molecular formula is C22H28ClN3O6S. The molecule has 1 N–H and O–H groups in total. The highest BCUT2D eigenvalue weighted by Crippen LogP contribution is 2.32. The van der Waals surface area contributed by atoms with E-state index < -0.39 is 28.5 Å². The van der Waals surface area contributed by atoms with Crippen molar-refractivity contribution >= 4 is 39.1 Å². The minimum Gasteiger partial charge on any atom is -0.493 e. The molecule has 33 heavy (non-hydrogen) atoms. The number of amides is 2. The quantitative estimate of drug-likeness (QED) is 0.540. The number of hydrogen-bond donors (Lipinski definition) is 1. The van der Waals surface area contributed by atoms with Gasteiger partial charge in [-0.3, -0.25) is 13.9 Å². The summed E-state index contributed by atoms with van der Waals surface area (Å²) in [4.78, 5) is 27.0. The van der Waals surface area contributed by atoms with E-state index in [0.29, 0.717) is 16.5 Å². The second kappa shape index (κ2) is 11.2. The van der Waals surface area contributed by atoms with E-state index >= 15 is 0 Å². The highest BCUT2D eigenvalue weighted by Gasteiger charge is 2.30. The van der Waals surface area contributed by atoms with E-state index in [0.717, 1.165) is 16.1 Å². The van der Waals surface area contributed by atoms with E-state index in [9.17, 15) is 18.0 Å². The fourth-order valence-electron chi connectivity index (χ4n) is 3.17. The van der Waals surface area contributed by atoms with E-state index in [1.165, 1.54) is 38.3 Å². The van der Waals surface area contributed by atoms with Crippen molar-refractivity contribution in [1.29, 1.82) is 0 Å². The number of sulfonamides is 1. The van der Waals surface area contributed by atoms with E-state index in [4.69, 9.17) is 21.1 Å². The average Bonchev–Trinajstić information content (AvgIpc) is 2.79. The first-order chi connectivity index (χ1) is 15.5. The number of benzene rings is 2. The Morgan fingerprint density at radius 3 is 2.18 bits per heavy atom. The Hall–Kier alpha value is -2.98. The highest BCUT2D eigenvalue weighted by atomic mass is 35.5. The molecular weight excluding hydrogens is 470 g/mol. The Balaban J connectivity index is 2.42. The van der Waals surface area contributed by atoms with Gasteiger partial charge in [-0.1, -0.05) is 23.7 Å². The van der Waals surface area contributed by atoms with Gasteiger partial charge in [0.15, 0.2) is 11.5 Å². The molecule has 9 nitrogen and oxygen atoms in total. The molecule has 0 aromatic heterocycles. The molecule has 2 rings (SSSR count). The Bertz CT molecular complexity index is 1090. The molecule has 0 saturated heterocycles. The third-order valence-corrected chi connectivity index (χ3v) is 6.41. The zero-order chi connectivity index (χ0) is 24.8. The minimum absolute atomic E-state index is 0.0914. The number of anilines is 1. The topological polar surface area (TPSA) is 105 Å². The third kappa shape index (κ3) is 6.75. The van der Waals surface area contributed by atoms with Gasteiger partial charge in [0.05, 0.1) is 26.2 Å². The third-order valence-electron chi connectivity index (χ3n) is 5.01. The summed E-state index contributed by atoms with van der Waals surface area (Å²) in [5.41, 5.74) is 0.961. The van der Waals surface area contributed by atoms with Crippen molar-refractivity contribution in [2.75, 3.05) is 38.4 Å². The summed E-state index contributed by atoms with van der Waals surface area (Å²) in [5.74, 6) is -0.206. The zero-order valence-electron chi connectivity index (χ0n) is 19.2. The van der Waals surface area contributed by atoms with Gasteiger partial charge in [-0.05, 0) is 36.8 Å². The predicted molar refractivity (Wildman–Crippen MR) is 127 cm³/mol. The summed E-state index contributed by atoms with van der Waals surface area (Å²) in [6.45, 7) is 1.16. The van der Waals surface area contributed by atoms with Gasteiger partial charge in [0.1, 0.15) is 12.6 Å². The van der Waals surface area contributed by atoms with Crippen LogP contribution in [0.1, 0.15) is 12.5 Å². The molecule has 180 valence electrons. The number of likely N-dealkylation sites (N-methyl/N-ethyl adjacent to an activating group) is 1. The molecule has 2 amide bonds. The number of ether oxygens (including phenoxy) is 2. The number of carbonyl (C=O) groups is 2. The van der Waals surface area contributed by atoms with Crippen molar-refractivity contribution in [3.63, 3.8) is 0 Å². The first kappa shape index (κ1) is 26.3. The van der Waals surface area contributed by atoms with Crippen molar-refractivity contribution in [2.45, 2.75) is 19.5 Å². The summed E-state index contributed by atoms with van der Waals surface area (Å²) in [7, 11) is 0.508. The van der Waals surface area contributed by atoms with Crippen LogP contribution in [0.2, 0.25) is 5.02 Å². The number of carbonyl (C=O) groups excluding carboxylic acids is 2. The van der Waals surface area contributed by atoms with Crippen LogP contribution in [-0.4, -0.2) is 65.2 Å². The molecule has 0 aliphatic heterocycles. The van der Waals surface area contributed by atoms with Crippen molar-refractivity contribution in [1.82, 2.24) is 10.2 Å². The summed E-state index contributed by atoms with van der Waals surface area (Å²) in [6, 6.07) is 10.5. The van der Waals surface area contributed by atoms with Crippen LogP contribution in [0.15, 0.2) is 42.5 Å².